The molecule has 0 aromatic carbocycles. The molecule has 0 aromatic heterocycles. The minimum Gasteiger partial charge on any atom is -0.547 e. The Bertz CT molecular complexity index is 335. The van der Waals surface area contributed by atoms with Crippen LogP contribution in [-0.2, 0) is 4.43 Å². The Labute approximate surface area is 97.0 Å². The van der Waals surface area contributed by atoms with Crippen LogP contribution in [0.25, 0.3) is 0 Å². The van der Waals surface area contributed by atoms with E-state index in [1.54, 1.807) is 4.90 Å². The van der Waals surface area contributed by atoms with Gasteiger partial charge < -0.3 is 9.53 Å². The smallest absolute Gasteiger partial charge is 0.408 e. The van der Waals surface area contributed by atoms with Crippen molar-refractivity contribution in [3.05, 3.63) is 11.8 Å². The second kappa shape index (κ2) is 3.80. The second-order valence-corrected chi connectivity index (χ2v) is 9.97. The van der Waals surface area contributed by atoms with E-state index in [1.165, 1.54) is 0 Å². The van der Waals surface area contributed by atoms with Gasteiger partial charge in [-0.25, -0.2) is 4.79 Å². The van der Waals surface area contributed by atoms with Crippen molar-refractivity contribution in [3.8, 4) is 0 Å². The van der Waals surface area contributed by atoms with E-state index in [4.69, 9.17) is 9.53 Å². The Morgan fingerprint density at radius 3 is 2.69 bits per heavy atom. The molecular formula is C11H19NO3Si. The van der Waals surface area contributed by atoms with Crippen LogP contribution in [0.5, 0.6) is 0 Å². The molecule has 2 aliphatic heterocycles. The number of fused-ring (bicyclic) bond motifs is 2. The summed E-state index contributed by atoms with van der Waals surface area (Å²) in [5.41, 5.74) is 0. The topological polar surface area (TPSA) is 49.8 Å². The fourth-order valence-electron chi connectivity index (χ4n) is 2.56. The van der Waals surface area contributed by atoms with Gasteiger partial charge in [-0.2, -0.15) is 0 Å². The molecule has 2 aliphatic rings. The van der Waals surface area contributed by atoms with E-state index in [2.05, 4.69) is 19.6 Å². The summed E-state index contributed by atoms with van der Waals surface area (Å²) >= 11 is 0. The number of amides is 1. The number of rotatable bonds is 2. The first-order chi connectivity index (χ1) is 7.37. The fourth-order valence-corrected chi connectivity index (χ4v) is 3.50. The van der Waals surface area contributed by atoms with Gasteiger partial charge in [0.25, 0.3) is 0 Å². The molecule has 90 valence electrons. The Hall–Kier alpha value is -0.973. The summed E-state index contributed by atoms with van der Waals surface area (Å²) in [6.07, 6.45) is 3.88. The lowest BCUT2D eigenvalue weighted by Crippen LogP contribution is -2.43. The second-order valence-electron chi connectivity index (χ2n) is 5.54. The van der Waals surface area contributed by atoms with Gasteiger partial charge >= 0.3 is 6.09 Å². The normalized spacial score (nSPS) is 28.9. The standard InChI is InChI=1S/C11H19NO3Si/c1-16(2,3)15-10-6-8-4-5-9(7-10)12(8)11(13)14/h6,8-9H,4-5,7H2,1-3H3,(H,13,14). The first kappa shape index (κ1) is 11.5. The van der Waals surface area contributed by atoms with Crippen molar-refractivity contribution in [2.75, 3.05) is 0 Å². The molecule has 0 aliphatic carbocycles. The highest BCUT2D eigenvalue weighted by Crippen LogP contribution is 2.35. The Balaban J connectivity index is 2.12. The molecule has 1 amide bonds. The van der Waals surface area contributed by atoms with Gasteiger partial charge in [0.2, 0.25) is 8.32 Å². The molecule has 1 fully saturated rings. The molecule has 4 nitrogen and oxygen atoms in total. The first-order valence-corrected chi connectivity index (χ1v) is 9.18. The van der Waals surface area contributed by atoms with Crippen molar-refractivity contribution in [1.82, 2.24) is 4.90 Å². The zero-order valence-corrected chi connectivity index (χ0v) is 11.1. The summed E-state index contributed by atoms with van der Waals surface area (Å²) < 4.78 is 5.97. The predicted molar refractivity (Wildman–Crippen MR) is 63.8 cm³/mol. The molecule has 2 atom stereocenters. The molecule has 1 saturated heterocycles. The molecule has 0 aromatic rings. The monoisotopic (exact) mass is 241 g/mol. The number of hydrogen-bond donors (Lipinski definition) is 1. The van der Waals surface area contributed by atoms with Crippen LogP contribution >= 0.6 is 0 Å². The van der Waals surface area contributed by atoms with Crippen LogP contribution in [0.2, 0.25) is 19.6 Å². The fraction of sp³-hybridized carbons (Fsp3) is 0.727. The summed E-state index contributed by atoms with van der Waals surface area (Å²) in [4.78, 5) is 12.7. The van der Waals surface area contributed by atoms with Crippen molar-refractivity contribution >= 4 is 14.4 Å². The van der Waals surface area contributed by atoms with Crippen LogP contribution in [0.4, 0.5) is 4.79 Å². The average molecular weight is 241 g/mol. The lowest BCUT2D eigenvalue weighted by atomic mass is 10.1. The average Bonchev–Trinajstić information content (AvgIpc) is 2.36. The van der Waals surface area contributed by atoms with Crippen molar-refractivity contribution in [1.29, 1.82) is 0 Å². The minimum atomic E-state index is -1.56. The third-order valence-electron chi connectivity index (χ3n) is 3.02. The molecule has 0 spiro atoms. The lowest BCUT2D eigenvalue weighted by Gasteiger charge is -2.33. The van der Waals surface area contributed by atoms with Crippen molar-refractivity contribution in [2.24, 2.45) is 0 Å². The zero-order chi connectivity index (χ0) is 11.9. The van der Waals surface area contributed by atoms with Crippen LogP contribution in [0.3, 0.4) is 0 Å². The summed E-state index contributed by atoms with van der Waals surface area (Å²) in [6, 6.07) is 0.182. The summed E-state index contributed by atoms with van der Waals surface area (Å²) in [5, 5.41) is 9.10. The Morgan fingerprint density at radius 2 is 2.19 bits per heavy atom. The SMILES string of the molecule is C[Si](C)(C)OC1=CC2CCC(C1)N2C(=O)O. The number of nitrogens with zero attached hydrogens (tertiary/aromatic N) is 1. The van der Waals surface area contributed by atoms with E-state index in [0.29, 0.717) is 0 Å². The summed E-state index contributed by atoms with van der Waals surface area (Å²) in [7, 11) is -1.56. The van der Waals surface area contributed by atoms with Gasteiger partial charge in [0.1, 0.15) is 0 Å². The predicted octanol–water partition coefficient (Wildman–Crippen LogP) is 2.64. The van der Waals surface area contributed by atoms with E-state index in [9.17, 15) is 4.79 Å². The highest BCUT2D eigenvalue weighted by molar-refractivity contribution is 6.70. The number of hydrogen-bond acceptors (Lipinski definition) is 2. The van der Waals surface area contributed by atoms with Crippen LogP contribution < -0.4 is 0 Å². The molecule has 0 saturated carbocycles. The molecule has 1 N–H and O–H groups in total. The third kappa shape index (κ3) is 2.24. The highest BCUT2D eigenvalue weighted by Gasteiger charge is 2.40. The van der Waals surface area contributed by atoms with E-state index in [0.717, 1.165) is 25.0 Å². The first-order valence-electron chi connectivity index (χ1n) is 5.78. The van der Waals surface area contributed by atoms with E-state index in [1.807, 2.05) is 6.08 Å². The molecule has 2 bridgehead atoms. The van der Waals surface area contributed by atoms with Gasteiger partial charge in [0.15, 0.2) is 0 Å². The van der Waals surface area contributed by atoms with Crippen LogP contribution in [0.1, 0.15) is 19.3 Å². The van der Waals surface area contributed by atoms with Gasteiger partial charge in [0, 0.05) is 12.5 Å². The Morgan fingerprint density at radius 1 is 1.50 bits per heavy atom. The largest absolute Gasteiger partial charge is 0.547 e. The number of carbonyl (C=O) groups is 1. The van der Waals surface area contributed by atoms with E-state index in [-0.39, 0.29) is 12.1 Å². The minimum absolute atomic E-state index is 0.0441. The summed E-state index contributed by atoms with van der Waals surface area (Å²) in [5.74, 6) is 1.02. The van der Waals surface area contributed by atoms with Gasteiger partial charge in [-0.1, -0.05) is 0 Å². The van der Waals surface area contributed by atoms with E-state index >= 15 is 0 Å². The number of carboxylic acid groups (broad SMARTS) is 1. The zero-order valence-electron chi connectivity index (χ0n) is 10.1. The van der Waals surface area contributed by atoms with Gasteiger partial charge in [-0.15, -0.1) is 0 Å². The molecule has 2 heterocycles. The van der Waals surface area contributed by atoms with Crippen LogP contribution in [0, 0.1) is 0 Å². The highest BCUT2D eigenvalue weighted by atomic mass is 28.4. The third-order valence-corrected chi connectivity index (χ3v) is 3.89. The quantitative estimate of drug-likeness (QED) is 0.756. The molecular weight excluding hydrogens is 222 g/mol. The van der Waals surface area contributed by atoms with Crippen LogP contribution in [-0.4, -0.2) is 36.5 Å². The molecule has 16 heavy (non-hydrogen) atoms. The van der Waals surface area contributed by atoms with Crippen molar-refractivity contribution in [3.63, 3.8) is 0 Å². The van der Waals surface area contributed by atoms with E-state index < -0.39 is 14.4 Å². The van der Waals surface area contributed by atoms with Crippen molar-refractivity contribution in [2.45, 2.75) is 51.0 Å². The summed E-state index contributed by atoms with van der Waals surface area (Å²) in [6.45, 7) is 6.46. The maximum absolute atomic E-state index is 11.1. The molecule has 5 heteroatoms. The molecule has 2 rings (SSSR count). The maximum Gasteiger partial charge on any atom is 0.408 e. The maximum atomic E-state index is 11.1. The van der Waals surface area contributed by atoms with Gasteiger partial charge in [-0.3, -0.25) is 4.90 Å². The van der Waals surface area contributed by atoms with Gasteiger partial charge in [-0.05, 0) is 38.6 Å². The Kier molecular flexibility index (Phi) is 2.73. The molecule has 2 unspecified atom stereocenters. The van der Waals surface area contributed by atoms with Crippen LogP contribution in [0.15, 0.2) is 11.8 Å². The van der Waals surface area contributed by atoms with Gasteiger partial charge in [0.05, 0.1) is 11.8 Å². The lowest BCUT2D eigenvalue weighted by molar-refractivity contribution is 0.121. The van der Waals surface area contributed by atoms with Crippen molar-refractivity contribution < 1.29 is 14.3 Å². The molecule has 0 radical (unpaired) electrons.